The summed E-state index contributed by atoms with van der Waals surface area (Å²) in [5.74, 6) is 0. The molecular formula is C45H45N2Sc-. The van der Waals surface area contributed by atoms with Crippen molar-refractivity contribution in [3.63, 3.8) is 0 Å². The molecule has 0 bridgehead atoms. The van der Waals surface area contributed by atoms with E-state index in [-0.39, 0.29) is 31.3 Å². The molecule has 2 nitrogen and oxygen atoms in total. The maximum Gasteiger partial charge on any atom is 0.0489 e. The fourth-order valence-corrected chi connectivity index (χ4v) is 7.07. The fraction of sp³-hybridized carbons (Fsp3) is 0.178. The molecule has 1 heterocycles. The minimum atomic E-state index is -0.0606. The summed E-state index contributed by atoms with van der Waals surface area (Å²) in [5, 5.41) is 2.58. The number of aryl methyl sites for hydroxylation is 1. The molecular weight excluding hydrogens is 613 g/mol. The van der Waals surface area contributed by atoms with Gasteiger partial charge in [0.1, 0.15) is 0 Å². The fourth-order valence-electron chi connectivity index (χ4n) is 7.07. The minimum absolute atomic E-state index is 0. The van der Waals surface area contributed by atoms with Crippen molar-refractivity contribution in [2.75, 3.05) is 4.90 Å². The van der Waals surface area contributed by atoms with Crippen molar-refractivity contribution in [3.05, 3.63) is 157 Å². The maximum atomic E-state index is 4.12. The summed E-state index contributed by atoms with van der Waals surface area (Å²) >= 11 is 0. The Morgan fingerprint density at radius 1 is 0.521 bits per heavy atom. The van der Waals surface area contributed by atoms with Crippen molar-refractivity contribution < 1.29 is 25.8 Å². The SMILES string of the molecule is CC.CC.[CH2-]c1ccc(N(c2ccc(-c3ccc4c(c3)c3ccccc3n4C)cc2)c2ccc3c(c2)C(C)(C)c2ccccc2-3)cc1.[Sc]. The second-order valence-electron chi connectivity index (χ2n) is 12.3. The van der Waals surface area contributed by atoms with Gasteiger partial charge in [-0.25, -0.2) is 0 Å². The molecule has 7 aromatic rings. The third-order valence-electron chi connectivity index (χ3n) is 9.39. The molecule has 0 unspecified atom stereocenters. The molecule has 239 valence electrons. The van der Waals surface area contributed by atoms with E-state index in [1.54, 1.807) is 0 Å². The van der Waals surface area contributed by atoms with Crippen molar-refractivity contribution in [1.29, 1.82) is 0 Å². The van der Waals surface area contributed by atoms with E-state index in [1.807, 2.05) is 27.7 Å². The van der Waals surface area contributed by atoms with E-state index in [2.05, 4.69) is 171 Å². The maximum absolute atomic E-state index is 4.12. The smallest absolute Gasteiger partial charge is 0.0489 e. The zero-order chi connectivity index (χ0) is 33.3. The average molecular weight is 659 g/mol. The quantitative estimate of drug-likeness (QED) is 0.171. The van der Waals surface area contributed by atoms with Crippen molar-refractivity contribution in [1.82, 2.24) is 4.57 Å². The molecule has 0 atom stereocenters. The van der Waals surface area contributed by atoms with E-state index in [9.17, 15) is 0 Å². The van der Waals surface area contributed by atoms with Crippen LogP contribution in [0.4, 0.5) is 17.1 Å². The average Bonchev–Trinajstić information content (AvgIpc) is 3.54. The van der Waals surface area contributed by atoms with Crippen molar-refractivity contribution >= 4 is 38.9 Å². The van der Waals surface area contributed by atoms with E-state index < -0.39 is 0 Å². The summed E-state index contributed by atoms with van der Waals surface area (Å²) in [7, 11) is 2.15. The summed E-state index contributed by atoms with van der Waals surface area (Å²) in [6, 6.07) is 48.7. The monoisotopic (exact) mass is 658 g/mol. The molecule has 1 radical (unpaired) electrons. The molecule has 0 aliphatic heterocycles. The van der Waals surface area contributed by atoms with Gasteiger partial charge in [0.05, 0.1) is 0 Å². The molecule has 48 heavy (non-hydrogen) atoms. The first kappa shape index (κ1) is 35.0. The molecule has 6 aromatic carbocycles. The summed E-state index contributed by atoms with van der Waals surface area (Å²) < 4.78 is 2.28. The van der Waals surface area contributed by atoms with Gasteiger partial charge in [-0.3, -0.25) is 0 Å². The molecule has 0 fully saturated rings. The number of fused-ring (bicyclic) bond motifs is 6. The van der Waals surface area contributed by atoms with Gasteiger partial charge in [-0.15, -0.1) is 0 Å². The number of hydrogen-bond acceptors (Lipinski definition) is 1. The van der Waals surface area contributed by atoms with Crippen molar-refractivity contribution in [2.45, 2.75) is 47.0 Å². The van der Waals surface area contributed by atoms with E-state index in [1.165, 1.54) is 55.2 Å². The Morgan fingerprint density at radius 3 is 1.77 bits per heavy atom. The van der Waals surface area contributed by atoms with E-state index in [0.717, 1.165) is 22.6 Å². The van der Waals surface area contributed by atoms with Gasteiger partial charge in [-0.05, 0) is 75.8 Å². The molecule has 3 heteroatoms. The van der Waals surface area contributed by atoms with Crippen LogP contribution in [0.1, 0.15) is 58.2 Å². The number of para-hydroxylation sites is 1. The Labute approximate surface area is 305 Å². The second kappa shape index (κ2) is 14.4. The van der Waals surface area contributed by atoms with Crippen LogP contribution in [-0.4, -0.2) is 4.57 Å². The van der Waals surface area contributed by atoms with E-state index in [4.69, 9.17) is 0 Å². The van der Waals surface area contributed by atoms with Crippen molar-refractivity contribution in [3.8, 4) is 22.3 Å². The van der Waals surface area contributed by atoms with Crippen LogP contribution in [0.3, 0.4) is 0 Å². The molecule has 1 aliphatic rings. The molecule has 1 aliphatic carbocycles. The molecule has 0 saturated heterocycles. The van der Waals surface area contributed by atoms with Gasteiger partial charge in [-0.1, -0.05) is 120 Å². The predicted molar refractivity (Wildman–Crippen MR) is 205 cm³/mol. The van der Waals surface area contributed by atoms with E-state index in [0.29, 0.717) is 0 Å². The molecule has 0 saturated carbocycles. The number of rotatable bonds is 4. The van der Waals surface area contributed by atoms with Crippen LogP contribution in [0.25, 0.3) is 44.1 Å². The Bertz CT molecular complexity index is 2170. The van der Waals surface area contributed by atoms with Gasteiger partial charge in [0.25, 0.3) is 0 Å². The van der Waals surface area contributed by atoms with Crippen LogP contribution in [0.15, 0.2) is 133 Å². The van der Waals surface area contributed by atoms with Crippen LogP contribution in [0, 0.1) is 6.92 Å². The number of nitrogens with zero attached hydrogens (tertiary/aromatic N) is 2. The first-order chi connectivity index (χ1) is 22.9. The molecule has 8 rings (SSSR count). The second-order valence-corrected chi connectivity index (χ2v) is 12.3. The first-order valence-corrected chi connectivity index (χ1v) is 16.9. The number of benzene rings is 6. The van der Waals surface area contributed by atoms with Crippen LogP contribution in [0.2, 0.25) is 0 Å². The van der Waals surface area contributed by atoms with Gasteiger partial charge in [-0.2, -0.15) is 24.6 Å². The number of hydrogen-bond donors (Lipinski definition) is 0. The Kier molecular flexibility index (Phi) is 10.5. The molecule has 0 N–H and O–H groups in total. The van der Waals surface area contributed by atoms with Gasteiger partial charge in [0.2, 0.25) is 0 Å². The molecule has 0 amide bonds. The van der Waals surface area contributed by atoms with Crippen LogP contribution < -0.4 is 4.90 Å². The topological polar surface area (TPSA) is 8.17 Å². The molecule has 1 aromatic heterocycles. The van der Waals surface area contributed by atoms with Gasteiger partial charge >= 0.3 is 0 Å². The third-order valence-corrected chi connectivity index (χ3v) is 9.39. The summed E-state index contributed by atoms with van der Waals surface area (Å²) in [6.07, 6.45) is 0. The Hall–Kier alpha value is -4.34. The number of anilines is 3. The minimum Gasteiger partial charge on any atom is -0.344 e. The van der Waals surface area contributed by atoms with E-state index >= 15 is 0 Å². The normalized spacial score (nSPS) is 12.1. The zero-order valence-electron chi connectivity index (χ0n) is 29.4. The summed E-state index contributed by atoms with van der Waals surface area (Å²) in [5.41, 5.74) is 14.7. The predicted octanol–water partition coefficient (Wildman–Crippen LogP) is 13.0. The van der Waals surface area contributed by atoms with Gasteiger partial charge in [0.15, 0.2) is 0 Å². The first-order valence-electron chi connectivity index (χ1n) is 16.9. The third kappa shape index (κ3) is 5.94. The summed E-state index contributed by atoms with van der Waals surface area (Å²) in [6.45, 7) is 16.8. The molecule has 0 spiro atoms. The standard InChI is InChI=1S/C41H33N2.2C2H6.Sc/c1-27-13-18-30(19-14-27)43(32-22-23-34-33-9-5-7-11-37(33)41(2,3)38(34)26-32)31-20-15-28(16-21-31)29-17-24-40-36(25-29)35-10-6-8-12-39(35)42(40)4;2*1-2;/h5-26H,1H2,2-4H3;2*1-2H3;/q-1;;;. The van der Waals surface area contributed by atoms with Crippen LogP contribution >= 0.6 is 0 Å². The van der Waals surface area contributed by atoms with Crippen molar-refractivity contribution in [2.24, 2.45) is 7.05 Å². The van der Waals surface area contributed by atoms with Crippen LogP contribution in [-0.2, 0) is 38.3 Å². The Balaban J connectivity index is 0.000000870. The zero-order valence-corrected chi connectivity index (χ0v) is 31.2. The van der Waals surface area contributed by atoms with Gasteiger partial charge < -0.3 is 9.47 Å². The summed E-state index contributed by atoms with van der Waals surface area (Å²) in [4.78, 5) is 2.36. The number of aromatic nitrogens is 1. The van der Waals surface area contributed by atoms with Gasteiger partial charge in [0, 0.05) is 77.2 Å². The largest absolute Gasteiger partial charge is 0.344 e. The van der Waals surface area contributed by atoms with Crippen LogP contribution in [0.5, 0.6) is 0 Å². The Morgan fingerprint density at radius 2 is 1.06 bits per heavy atom.